The number of nitriles is 1. The standard InChI is InChI=1S/C16H17BN2O2/c1-15(2)16(3,4)21-17(20-15)13-10-19-14(9-18)12-8-6-5-7-11(12)13/h5-8,10H,1-4H3/i10D. The van der Waals surface area contributed by atoms with Crippen molar-refractivity contribution in [2.24, 2.45) is 0 Å². The fourth-order valence-electron chi connectivity index (χ4n) is 2.39. The van der Waals surface area contributed by atoms with Gasteiger partial charge >= 0.3 is 7.12 Å². The van der Waals surface area contributed by atoms with Crippen molar-refractivity contribution in [3.63, 3.8) is 0 Å². The molecule has 3 rings (SSSR count). The summed E-state index contributed by atoms with van der Waals surface area (Å²) in [6, 6.07) is 9.47. The predicted molar refractivity (Wildman–Crippen MR) is 82.2 cm³/mol. The zero-order valence-electron chi connectivity index (χ0n) is 13.6. The van der Waals surface area contributed by atoms with Crippen molar-refractivity contribution in [3.05, 3.63) is 36.1 Å². The van der Waals surface area contributed by atoms with Gasteiger partial charge in [-0.2, -0.15) is 5.26 Å². The highest BCUT2D eigenvalue weighted by Gasteiger charge is 2.52. The van der Waals surface area contributed by atoms with Crippen LogP contribution in [0.15, 0.2) is 30.4 Å². The van der Waals surface area contributed by atoms with Crippen molar-refractivity contribution in [2.75, 3.05) is 0 Å². The minimum atomic E-state index is -0.664. The van der Waals surface area contributed by atoms with Gasteiger partial charge in [-0.1, -0.05) is 24.3 Å². The number of hydrogen-bond acceptors (Lipinski definition) is 4. The van der Waals surface area contributed by atoms with Crippen molar-refractivity contribution in [2.45, 2.75) is 38.9 Å². The third kappa shape index (κ3) is 2.12. The van der Waals surface area contributed by atoms with Crippen molar-refractivity contribution in [1.82, 2.24) is 4.98 Å². The van der Waals surface area contributed by atoms with E-state index in [9.17, 15) is 5.26 Å². The number of aromatic nitrogens is 1. The van der Waals surface area contributed by atoms with Crippen LogP contribution >= 0.6 is 0 Å². The zero-order valence-corrected chi connectivity index (χ0v) is 12.6. The Labute approximate surface area is 126 Å². The number of fused-ring (bicyclic) bond motifs is 1. The number of nitrogens with zero attached hydrogens (tertiary/aromatic N) is 2. The first-order chi connectivity index (χ1) is 10.3. The third-order valence-electron chi connectivity index (χ3n) is 4.36. The topological polar surface area (TPSA) is 55.1 Å². The quantitative estimate of drug-likeness (QED) is 0.753. The van der Waals surface area contributed by atoms with E-state index in [0.29, 0.717) is 10.8 Å². The van der Waals surface area contributed by atoms with E-state index < -0.39 is 18.3 Å². The summed E-state index contributed by atoms with van der Waals surface area (Å²) in [5.41, 5.74) is -0.146. The normalized spacial score (nSPS) is 20.3. The molecule has 0 aliphatic carbocycles. The van der Waals surface area contributed by atoms with Crippen LogP contribution in [0.3, 0.4) is 0 Å². The molecule has 0 saturated carbocycles. The Morgan fingerprint density at radius 1 is 1.14 bits per heavy atom. The van der Waals surface area contributed by atoms with E-state index in [1.807, 2.05) is 58.0 Å². The molecule has 1 aromatic heterocycles. The molecule has 5 heteroatoms. The van der Waals surface area contributed by atoms with Crippen LogP contribution in [-0.2, 0) is 9.31 Å². The minimum absolute atomic E-state index is 0.0220. The van der Waals surface area contributed by atoms with Crippen molar-refractivity contribution >= 4 is 23.4 Å². The van der Waals surface area contributed by atoms with Crippen LogP contribution in [-0.4, -0.2) is 23.3 Å². The lowest BCUT2D eigenvalue weighted by Gasteiger charge is -2.32. The molecule has 1 aromatic carbocycles. The van der Waals surface area contributed by atoms with Crippen LogP contribution in [0.25, 0.3) is 10.8 Å². The zero-order chi connectivity index (χ0) is 16.1. The maximum Gasteiger partial charge on any atom is 0.497 e. The molecule has 1 aliphatic heterocycles. The van der Waals surface area contributed by atoms with E-state index in [0.717, 1.165) is 5.39 Å². The van der Waals surface area contributed by atoms with Crippen LogP contribution in [0.5, 0.6) is 0 Å². The molecule has 21 heavy (non-hydrogen) atoms. The first kappa shape index (κ1) is 12.8. The van der Waals surface area contributed by atoms with Gasteiger partial charge in [0.1, 0.15) is 11.8 Å². The first-order valence-corrected chi connectivity index (χ1v) is 6.92. The van der Waals surface area contributed by atoms with Gasteiger partial charge in [-0.25, -0.2) is 4.98 Å². The SMILES string of the molecule is [2H]c1nc(C#N)c2ccccc2c1B1OC(C)(C)C(C)(C)O1. The summed E-state index contributed by atoms with van der Waals surface area (Å²) in [6.45, 7) is 7.87. The summed E-state index contributed by atoms with van der Waals surface area (Å²) in [5, 5.41) is 10.7. The number of hydrogen-bond donors (Lipinski definition) is 0. The summed E-state index contributed by atoms with van der Waals surface area (Å²) in [6.07, 6.45) is 0.0220. The summed E-state index contributed by atoms with van der Waals surface area (Å²) >= 11 is 0. The molecule has 0 N–H and O–H groups in total. The third-order valence-corrected chi connectivity index (χ3v) is 4.36. The molecule has 0 atom stereocenters. The molecule has 0 amide bonds. The van der Waals surface area contributed by atoms with E-state index in [2.05, 4.69) is 4.98 Å². The summed E-state index contributed by atoms with van der Waals surface area (Å²) in [4.78, 5) is 4.11. The summed E-state index contributed by atoms with van der Waals surface area (Å²) in [5.74, 6) is 0. The van der Waals surface area contributed by atoms with Crippen LogP contribution in [0.2, 0.25) is 0 Å². The molecular formula is C16H17BN2O2. The Kier molecular flexibility index (Phi) is 2.78. The molecule has 2 aromatic rings. The number of benzene rings is 1. The van der Waals surface area contributed by atoms with E-state index in [1.165, 1.54) is 0 Å². The molecule has 106 valence electrons. The Morgan fingerprint density at radius 2 is 1.71 bits per heavy atom. The van der Waals surface area contributed by atoms with E-state index in [4.69, 9.17) is 10.7 Å². The summed E-state index contributed by atoms with van der Waals surface area (Å²) < 4.78 is 20.3. The maximum absolute atomic E-state index is 9.22. The monoisotopic (exact) mass is 281 g/mol. The van der Waals surface area contributed by atoms with Crippen molar-refractivity contribution in [3.8, 4) is 6.07 Å². The van der Waals surface area contributed by atoms with Crippen LogP contribution in [0.1, 0.15) is 34.8 Å². The van der Waals surface area contributed by atoms with Gasteiger partial charge in [-0.3, -0.25) is 0 Å². The van der Waals surface area contributed by atoms with Gasteiger partial charge in [-0.15, -0.1) is 0 Å². The minimum Gasteiger partial charge on any atom is -0.399 e. The molecular weight excluding hydrogens is 263 g/mol. The van der Waals surface area contributed by atoms with Gasteiger partial charge in [0.2, 0.25) is 0 Å². The lowest BCUT2D eigenvalue weighted by atomic mass is 9.77. The average molecular weight is 281 g/mol. The largest absolute Gasteiger partial charge is 0.497 e. The molecule has 0 spiro atoms. The van der Waals surface area contributed by atoms with Crippen LogP contribution in [0.4, 0.5) is 0 Å². The fraction of sp³-hybridized carbons (Fsp3) is 0.375. The second-order valence-electron chi connectivity index (χ2n) is 6.23. The maximum atomic E-state index is 9.22. The molecule has 0 radical (unpaired) electrons. The van der Waals surface area contributed by atoms with Crippen molar-refractivity contribution < 1.29 is 10.7 Å². The average Bonchev–Trinajstić information content (AvgIpc) is 2.66. The Morgan fingerprint density at radius 3 is 2.29 bits per heavy atom. The van der Waals surface area contributed by atoms with Gasteiger partial charge in [0, 0.05) is 17.0 Å². The summed E-state index contributed by atoms with van der Waals surface area (Å²) in [7, 11) is -0.664. The Hall–Kier alpha value is -1.90. The van der Waals surface area contributed by atoms with Crippen LogP contribution in [0, 0.1) is 11.3 Å². The van der Waals surface area contributed by atoms with Gasteiger partial charge < -0.3 is 9.31 Å². The number of pyridine rings is 1. The van der Waals surface area contributed by atoms with Gasteiger partial charge in [0.15, 0.2) is 0 Å². The lowest BCUT2D eigenvalue weighted by molar-refractivity contribution is 0.00578. The number of rotatable bonds is 1. The van der Waals surface area contributed by atoms with E-state index >= 15 is 0 Å². The molecule has 1 saturated heterocycles. The molecule has 2 heterocycles. The van der Waals surface area contributed by atoms with Gasteiger partial charge in [-0.05, 0) is 33.1 Å². The van der Waals surface area contributed by atoms with Gasteiger partial charge in [0.05, 0.1) is 12.6 Å². The molecule has 1 aliphatic rings. The first-order valence-electron chi connectivity index (χ1n) is 7.42. The predicted octanol–water partition coefficient (Wildman–Crippen LogP) is 2.41. The smallest absolute Gasteiger partial charge is 0.399 e. The molecule has 1 fully saturated rings. The fourth-order valence-corrected chi connectivity index (χ4v) is 2.39. The Balaban J connectivity index is 2.22. The second-order valence-corrected chi connectivity index (χ2v) is 6.23. The Bertz CT molecular complexity index is 783. The molecule has 0 bridgehead atoms. The molecule has 4 nitrogen and oxygen atoms in total. The molecule has 0 unspecified atom stereocenters. The highest BCUT2D eigenvalue weighted by Crippen LogP contribution is 2.37. The van der Waals surface area contributed by atoms with Gasteiger partial charge in [0.25, 0.3) is 0 Å². The lowest BCUT2D eigenvalue weighted by Crippen LogP contribution is -2.41. The highest BCUT2D eigenvalue weighted by molar-refractivity contribution is 6.65. The van der Waals surface area contributed by atoms with Crippen molar-refractivity contribution in [1.29, 1.82) is 5.26 Å². The highest BCUT2D eigenvalue weighted by atomic mass is 16.7. The van der Waals surface area contributed by atoms with E-state index in [-0.39, 0.29) is 11.9 Å². The van der Waals surface area contributed by atoms with Crippen LogP contribution < -0.4 is 5.46 Å². The van der Waals surface area contributed by atoms with E-state index in [1.54, 1.807) is 0 Å². The second kappa shape index (κ2) is 4.55.